The van der Waals surface area contributed by atoms with Gasteiger partial charge in [-0.15, -0.1) is 11.3 Å². The fraction of sp³-hybridized carbons (Fsp3) is 0.800. The molecule has 1 aromatic heterocycles. The van der Waals surface area contributed by atoms with Crippen LogP contribution in [0.2, 0.25) is 0 Å². The SMILES string of the molecule is CCc1cnc(N2CCN(CC3CCCNC3)CC2)s1. The largest absolute Gasteiger partial charge is 0.346 e. The van der Waals surface area contributed by atoms with E-state index >= 15 is 0 Å². The quantitative estimate of drug-likeness (QED) is 0.918. The monoisotopic (exact) mass is 294 g/mol. The Morgan fingerprint density at radius 1 is 1.35 bits per heavy atom. The van der Waals surface area contributed by atoms with Crippen molar-refractivity contribution in [3.8, 4) is 0 Å². The molecule has 2 aliphatic heterocycles. The van der Waals surface area contributed by atoms with E-state index in [0.29, 0.717) is 0 Å². The fourth-order valence-electron chi connectivity index (χ4n) is 3.17. The van der Waals surface area contributed by atoms with Crippen LogP contribution >= 0.6 is 11.3 Å². The molecule has 2 saturated heterocycles. The molecule has 0 spiro atoms. The molecular weight excluding hydrogens is 268 g/mol. The predicted molar refractivity (Wildman–Crippen MR) is 85.7 cm³/mol. The zero-order valence-electron chi connectivity index (χ0n) is 12.5. The Labute approximate surface area is 126 Å². The molecule has 1 aromatic rings. The zero-order chi connectivity index (χ0) is 13.8. The highest BCUT2D eigenvalue weighted by Gasteiger charge is 2.22. The van der Waals surface area contributed by atoms with Gasteiger partial charge >= 0.3 is 0 Å². The summed E-state index contributed by atoms with van der Waals surface area (Å²) >= 11 is 1.86. The first-order chi connectivity index (χ1) is 9.85. The number of nitrogens with one attached hydrogen (secondary N) is 1. The molecule has 0 aromatic carbocycles. The van der Waals surface area contributed by atoms with Gasteiger partial charge in [0.1, 0.15) is 0 Å². The lowest BCUT2D eigenvalue weighted by Crippen LogP contribution is -2.49. The molecule has 5 heteroatoms. The van der Waals surface area contributed by atoms with Crippen LogP contribution in [-0.2, 0) is 6.42 Å². The van der Waals surface area contributed by atoms with Gasteiger partial charge in [-0.3, -0.25) is 4.90 Å². The van der Waals surface area contributed by atoms with Gasteiger partial charge in [0.15, 0.2) is 5.13 Å². The molecule has 112 valence electrons. The van der Waals surface area contributed by atoms with Gasteiger partial charge in [-0.2, -0.15) is 0 Å². The summed E-state index contributed by atoms with van der Waals surface area (Å²) in [5.41, 5.74) is 0. The van der Waals surface area contributed by atoms with Gasteiger partial charge in [0.2, 0.25) is 0 Å². The molecule has 1 N–H and O–H groups in total. The van der Waals surface area contributed by atoms with E-state index in [2.05, 4.69) is 27.0 Å². The van der Waals surface area contributed by atoms with E-state index in [-0.39, 0.29) is 0 Å². The predicted octanol–water partition coefficient (Wildman–Crippen LogP) is 1.83. The van der Waals surface area contributed by atoms with Crippen molar-refractivity contribution in [2.75, 3.05) is 50.7 Å². The van der Waals surface area contributed by atoms with Crippen molar-refractivity contribution < 1.29 is 0 Å². The fourth-order valence-corrected chi connectivity index (χ4v) is 4.07. The van der Waals surface area contributed by atoms with E-state index in [4.69, 9.17) is 0 Å². The maximum Gasteiger partial charge on any atom is 0.185 e. The third-order valence-electron chi connectivity index (χ3n) is 4.45. The molecule has 0 aliphatic carbocycles. The second-order valence-corrected chi connectivity index (χ2v) is 7.06. The first-order valence-corrected chi connectivity index (χ1v) is 8.79. The third-order valence-corrected chi connectivity index (χ3v) is 5.65. The van der Waals surface area contributed by atoms with Crippen LogP contribution in [0.3, 0.4) is 0 Å². The summed E-state index contributed by atoms with van der Waals surface area (Å²) in [6.07, 6.45) is 5.90. The summed E-state index contributed by atoms with van der Waals surface area (Å²) < 4.78 is 0. The van der Waals surface area contributed by atoms with E-state index in [1.165, 1.54) is 55.6 Å². The molecule has 4 nitrogen and oxygen atoms in total. The number of anilines is 1. The van der Waals surface area contributed by atoms with Crippen LogP contribution < -0.4 is 10.2 Å². The first kappa shape index (κ1) is 14.3. The van der Waals surface area contributed by atoms with Crippen molar-refractivity contribution in [3.63, 3.8) is 0 Å². The average molecular weight is 294 g/mol. The summed E-state index contributed by atoms with van der Waals surface area (Å²) in [7, 11) is 0. The lowest BCUT2D eigenvalue weighted by atomic mass is 9.99. The minimum Gasteiger partial charge on any atom is -0.346 e. The highest BCUT2D eigenvalue weighted by molar-refractivity contribution is 7.15. The lowest BCUT2D eigenvalue weighted by Gasteiger charge is -2.37. The standard InChI is InChI=1S/C15H26N4S/c1-2-14-11-17-15(20-14)19-8-6-18(7-9-19)12-13-4-3-5-16-10-13/h11,13,16H,2-10,12H2,1H3. The first-order valence-electron chi connectivity index (χ1n) is 7.98. The van der Waals surface area contributed by atoms with Crippen molar-refractivity contribution in [1.29, 1.82) is 0 Å². The minimum absolute atomic E-state index is 0.863. The maximum atomic E-state index is 4.57. The van der Waals surface area contributed by atoms with Gasteiger partial charge in [0.25, 0.3) is 0 Å². The van der Waals surface area contributed by atoms with E-state index in [9.17, 15) is 0 Å². The number of thiazole rings is 1. The second kappa shape index (κ2) is 6.87. The van der Waals surface area contributed by atoms with Crippen molar-refractivity contribution in [2.45, 2.75) is 26.2 Å². The number of hydrogen-bond acceptors (Lipinski definition) is 5. The number of hydrogen-bond donors (Lipinski definition) is 1. The molecule has 2 aliphatic rings. The van der Waals surface area contributed by atoms with Gasteiger partial charge in [0, 0.05) is 43.8 Å². The summed E-state index contributed by atoms with van der Waals surface area (Å²) in [5.74, 6) is 0.863. The molecule has 1 unspecified atom stereocenters. The van der Waals surface area contributed by atoms with Crippen LogP contribution in [0.4, 0.5) is 5.13 Å². The van der Waals surface area contributed by atoms with Crippen molar-refractivity contribution in [2.24, 2.45) is 5.92 Å². The summed E-state index contributed by atoms with van der Waals surface area (Å²) in [4.78, 5) is 11.1. The molecule has 3 heterocycles. The Bertz CT molecular complexity index is 406. The van der Waals surface area contributed by atoms with Crippen LogP contribution in [0.15, 0.2) is 6.20 Å². The Hall–Kier alpha value is -0.650. The van der Waals surface area contributed by atoms with Gasteiger partial charge < -0.3 is 10.2 Å². The number of nitrogens with zero attached hydrogens (tertiary/aromatic N) is 3. The molecule has 3 rings (SSSR count). The normalized spacial score (nSPS) is 25.1. The molecule has 0 amide bonds. The van der Waals surface area contributed by atoms with E-state index in [0.717, 1.165) is 25.4 Å². The Kier molecular flexibility index (Phi) is 4.91. The summed E-state index contributed by atoms with van der Waals surface area (Å²) in [5, 5.41) is 4.75. The number of aryl methyl sites for hydroxylation is 1. The van der Waals surface area contributed by atoms with Gasteiger partial charge in [-0.05, 0) is 38.3 Å². The Balaban J connectivity index is 1.46. The van der Waals surface area contributed by atoms with Crippen molar-refractivity contribution in [3.05, 3.63) is 11.1 Å². The van der Waals surface area contributed by atoms with Crippen molar-refractivity contribution in [1.82, 2.24) is 15.2 Å². The molecule has 20 heavy (non-hydrogen) atoms. The molecule has 0 saturated carbocycles. The Morgan fingerprint density at radius 3 is 2.85 bits per heavy atom. The van der Waals surface area contributed by atoms with E-state index in [1.54, 1.807) is 0 Å². The van der Waals surface area contributed by atoms with Crippen LogP contribution in [0.1, 0.15) is 24.6 Å². The lowest BCUT2D eigenvalue weighted by molar-refractivity contribution is 0.199. The van der Waals surface area contributed by atoms with Crippen LogP contribution in [0.25, 0.3) is 0 Å². The highest BCUT2D eigenvalue weighted by Crippen LogP contribution is 2.24. The molecule has 1 atom stereocenters. The molecular formula is C15H26N4S. The smallest absolute Gasteiger partial charge is 0.185 e. The summed E-state index contributed by atoms with van der Waals surface area (Å²) in [6, 6.07) is 0. The highest BCUT2D eigenvalue weighted by atomic mass is 32.1. The van der Waals surface area contributed by atoms with Crippen LogP contribution in [-0.4, -0.2) is 55.7 Å². The van der Waals surface area contributed by atoms with E-state index in [1.807, 2.05) is 17.5 Å². The zero-order valence-corrected chi connectivity index (χ0v) is 13.3. The number of piperidine rings is 1. The molecule has 2 fully saturated rings. The summed E-state index contributed by atoms with van der Waals surface area (Å²) in [6.45, 7) is 10.6. The van der Waals surface area contributed by atoms with Gasteiger partial charge in [-0.25, -0.2) is 4.98 Å². The van der Waals surface area contributed by atoms with Gasteiger partial charge in [-0.1, -0.05) is 6.92 Å². The van der Waals surface area contributed by atoms with Crippen molar-refractivity contribution >= 4 is 16.5 Å². The topological polar surface area (TPSA) is 31.4 Å². The number of rotatable bonds is 4. The second-order valence-electron chi connectivity index (χ2n) is 5.96. The third kappa shape index (κ3) is 3.51. The number of piperazine rings is 1. The molecule has 0 bridgehead atoms. The molecule has 0 radical (unpaired) electrons. The van der Waals surface area contributed by atoms with Crippen LogP contribution in [0, 0.1) is 5.92 Å². The minimum atomic E-state index is 0.863. The average Bonchev–Trinajstić information content (AvgIpc) is 2.98. The Morgan fingerprint density at radius 2 is 2.20 bits per heavy atom. The van der Waals surface area contributed by atoms with E-state index < -0.39 is 0 Å². The maximum absolute atomic E-state index is 4.57. The van der Waals surface area contributed by atoms with Gasteiger partial charge in [0.05, 0.1) is 0 Å². The van der Waals surface area contributed by atoms with Crippen LogP contribution in [0.5, 0.6) is 0 Å². The number of aromatic nitrogens is 1.